The van der Waals surface area contributed by atoms with Crippen LogP contribution in [-0.2, 0) is 4.79 Å². The van der Waals surface area contributed by atoms with Crippen molar-refractivity contribution in [3.8, 4) is 0 Å². The van der Waals surface area contributed by atoms with Gasteiger partial charge in [-0.2, -0.15) is 10.1 Å². The van der Waals surface area contributed by atoms with Crippen molar-refractivity contribution in [2.75, 3.05) is 11.9 Å². The summed E-state index contributed by atoms with van der Waals surface area (Å²) in [5, 5.41) is 22.1. The van der Waals surface area contributed by atoms with Crippen LogP contribution >= 0.6 is 0 Å². The first-order chi connectivity index (χ1) is 19.1. The van der Waals surface area contributed by atoms with Gasteiger partial charge >= 0.3 is 6.03 Å². The van der Waals surface area contributed by atoms with Crippen LogP contribution in [0.4, 0.5) is 10.7 Å². The highest BCUT2D eigenvalue weighted by Gasteiger charge is 2.34. The van der Waals surface area contributed by atoms with E-state index in [9.17, 15) is 14.7 Å². The molecule has 3 N–H and O–H groups in total. The maximum Gasteiger partial charge on any atom is 0.341 e. The topological polar surface area (TPSA) is 134 Å². The van der Waals surface area contributed by atoms with Crippen molar-refractivity contribution >= 4 is 40.1 Å². The smallest absolute Gasteiger partial charge is 0.341 e. The van der Waals surface area contributed by atoms with E-state index in [0.717, 1.165) is 78.5 Å². The Morgan fingerprint density at radius 2 is 1.95 bits per heavy atom. The Morgan fingerprint density at radius 3 is 2.60 bits per heavy atom. The number of carbonyl (C=O) groups excluding carboxylic acids is 2. The second-order valence-electron chi connectivity index (χ2n) is 11.0. The third-order valence-electron chi connectivity index (χ3n) is 7.77. The lowest BCUT2D eigenvalue weighted by atomic mass is 9.85. The Hall–Kier alpha value is -3.66. The number of ketones is 1. The van der Waals surface area contributed by atoms with E-state index in [-0.39, 0.29) is 17.9 Å². The molecular weight excluding hydrogens is 506 g/mol. The molecule has 0 bridgehead atoms. The number of fused-ring (bicyclic) bond motifs is 1. The van der Waals surface area contributed by atoms with Crippen molar-refractivity contribution < 1.29 is 14.7 Å². The van der Waals surface area contributed by atoms with Gasteiger partial charge in [-0.1, -0.05) is 32.1 Å². The summed E-state index contributed by atoms with van der Waals surface area (Å²) in [6, 6.07) is -0.800. The predicted octanol–water partition coefficient (Wildman–Crippen LogP) is 5.18. The zero-order valence-corrected chi connectivity index (χ0v) is 24.2. The lowest BCUT2D eigenvalue weighted by Crippen LogP contribution is -2.49. The van der Waals surface area contributed by atoms with E-state index in [1.165, 1.54) is 6.92 Å². The van der Waals surface area contributed by atoms with Gasteiger partial charge in [0.15, 0.2) is 5.65 Å². The fourth-order valence-electron chi connectivity index (χ4n) is 5.51. The van der Waals surface area contributed by atoms with Crippen molar-refractivity contribution in [3.63, 3.8) is 0 Å². The molecule has 1 fully saturated rings. The van der Waals surface area contributed by atoms with Gasteiger partial charge in [-0.3, -0.25) is 4.79 Å². The van der Waals surface area contributed by atoms with Crippen molar-refractivity contribution in [2.24, 2.45) is 10.9 Å². The Bertz CT molecular complexity index is 1380. The molecule has 2 aromatic rings. The summed E-state index contributed by atoms with van der Waals surface area (Å²) < 4.78 is 1.99. The van der Waals surface area contributed by atoms with E-state index in [1.807, 2.05) is 36.9 Å². The number of aliphatic hydroxyl groups excluding tert-OH is 1. The van der Waals surface area contributed by atoms with Gasteiger partial charge in [0.1, 0.15) is 11.5 Å². The number of urea groups is 1. The van der Waals surface area contributed by atoms with Crippen molar-refractivity contribution in [2.45, 2.75) is 91.3 Å². The number of aromatic nitrogens is 4. The summed E-state index contributed by atoms with van der Waals surface area (Å²) in [5.41, 5.74) is 4.45. The lowest BCUT2D eigenvalue weighted by Gasteiger charge is -2.29. The molecular formula is C30H41N7O3. The van der Waals surface area contributed by atoms with Crippen LogP contribution in [-0.4, -0.2) is 61.1 Å². The van der Waals surface area contributed by atoms with Gasteiger partial charge in [0.05, 0.1) is 29.5 Å². The molecule has 3 heterocycles. The van der Waals surface area contributed by atoms with Crippen molar-refractivity contribution in [1.82, 2.24) is 25.1 Å². The quantitative estimate of drug-likeness (QED) is 0.276. The Balaban J connectivity index is 1.77. The minimum absolute atomic E-state index is 0.0501. The van der Waals surface area contributed by atoms with Crippen molar-refractivity contribution in [1.29, 1.82) is 0 Å². The number of nitrogens with one attached hydrogen (secondary N) is 2. The fraction of sp³-hybridized carbons (Fsp3) is 0.533. The van der Waals surface area contributed by atoms with Gasteiger partial charge in [-0.25, -0.2) is 19.5 Å². The first-order valence-corrected chi connectivity index (χ1v) is 14.2. The van der Waals surface area contributed by atoms with Gasteiger partial charge in [-0.05, 0) is 70.9 Å². The Labute approximate surface area is 235 Å². The zero-order chi connectivity index (χ0) is 29.0. The van der Waals surface area contributed by atoms with E-state index in [2.05, 4.69) is 34.1 Å². The van der Waals surface area contributed by atoms with Crippen molar-refractivity contribution in [3.05, 3.63) is 41.8 Å². The van der Waals surface area contributed by atoms with E-state index >= 15 is 0 Å². The van der Waals surface area contributed by atoms with Crippen LogP contribution in [0.5, 0.6) is 0 Å². The minimum atomic E-state index is -0.510. The molecule has 2 atom stereocenters. The Morgan fingerprint density at radius 1 is 1.23 bits per heavy atom. The first-order valence-electron chi connectivity index (χ1n) is 14.2. The number of hydrogen-bond donors (Lipinski definition) is 3. The van der Waals surface area contributed by atoms with E-state index in [1.54, 1.807) is 6.92 Å². The highest BCUT2D eigenvalue weighted by atomic mass is 16.3. The number of hydrogen-bond acceptors (Lipinski definition) is 7. The van der Waals surface area contributed by atoms with E-state index < -0.39 is 18.0 Å². The molecule has 0 saturated heterocycles. The summed E-state index contributed by atoms with van der Waals surface area (Å²) in [6.45, 7) is 14.2. The second kappa shape index (κ2) is 12.7. The normalized spacial score (nSPS) is 24.1. The zero-order valence-electron chi connectivity index (χ0n) is 24.2. The highest BCUT2D eigenvalue weighted by molar-refractivity contribution is 6.10. The van der Waals surface area contributed by atoms with E-state index in [4.69, 9.17) is 10.1 Å². The first kappa shape index (κ1) is 29.3. The molecule has 4 rings (SSSR count). The number of nitrogens with zero attached hydrogens (tertiary/aromatic N) is 5. The molecule has 0 radical (unpaired) electrons. The molecule has 214 valence electrons. The SMILES string of the molecule is C=C(C)C(=CC=C(C)C1NC(=O)N=C(C)C1C(C)=O)c1nn(C2CCC(O)CC2)c2nc(NCCCC)ncc12. The molecule has 2 amide bonds. The molecule has 2 aliphatic rings. The average Bonchev–Trinajstić information content (AvgIpc) is 3.27. The summed E-state index contributed by atoms with van der Waals surface area (Å²) in [4.78, 5) is 37.9. The second-order valence-corrected chi connectivity index (χ2v) is 11.0. The minimum Gasteiger partial charge on any atom is -0.393 e. The largest absolute Gasteiger partial charge is 0.393 e. The number of allylic oxidation sites excluding steroid dienone is 4. The molecule has 2 aromatic heterocycles. The van der Waals surface area contributed by atoms with Crippen LogP contribution in [0.15, 0.2) is 41.1 Å². The number of unbranched alkanes of at least 4 members (excludes halogenated alkanes) is 1. The van der Waals surface area contributed by atoms with Gasteiger partial charge < -0.3 is 15.7 Å². The number of Topliss-reactive ketones (excluding diaryl/α,β-unsaturated/α-hetero) is 1. The summed E-state index contributed by atoms with van der Waals surface area (Å²) in [6.07, 6.45) is 10.6. The number of aliphatic hydroxyl groups is 1. The number of amides is 2. The van der Waals surface area contributed by atoms with Gasteiger partial charge in [-0.15, -0.1) is 0 Å². The predicted molar refractivity (Wildman–Crippen MR) is 158 cm³/mol. The van der Waals surface area contributed by atoms with Crippen LogP contribution in [0.1, 0.15) is 84.9 Å². The number of anilines is 1. The summed E-state index contributed by atoms with van der Waals surface area (Å²) in [7, 11) is 0. The molecule has 2 unspecified atom stereocenters. The van der Waals surface area contributed by atoms with Crippen LogP contribution in [0, 0.1) is 5.92 Å². The third kappa shape index (κ3) is 6.38. The third-order valence-corrected chi connectivity index (χ3v) is 7.77. The lowest BCUT2D eigenvalue weighted by molar-refractivity contribution is -0.119. The summed E-state index contributed by atoms with van der Waals surface area (Å²) >= 11 is 0. The molecule has 1 aliphatic carbocycles. The number of rotatable bonds is 10. The highest BCUT2D eigenvalue weighted by Crippen LogP contribution is 2.35. The van der Waals surface area contributed by atoms with Crippen LogP contribution in [0.2, 0.25) is 0 Å². The molecule has 0 spiro atoms. The molecule has 10 heteroatoms. The fourth-order valence-corrected chi connectivity index (χ4v) is 5.51. The molecule has 0 aromatic carbocycles. The maximum absolute atomic E-state index is 12.4. The van der Waals surface area contributed by atoms with Crippen LogP contribution < -0.4 is 10.6 Å². The molecule has 10 nitrogen and oxygen atoms in total. The van der Waals surface area contributed by atoms with Crippen LogP contribution in [0.3, 0.4) is 0 Å². The summed E-state index contributed by atoms with van der Waals surface area (Å²) in [5.74, 6) is 0.0109. The van der Waals surface area contributed by atoms with E-state index in [0.29, 0.717) is 11.7 Å². The van der Waals surface area contributed by atoms with Gasteiger partial charge in [0.25, 0.3) is 0 Å². The maximum atomic E-state index is 12.4. The monoisotopic (exact) mass is 547 g/mol. The Kier molecular flexibility index (Phi) is 9.29. The van der Waals surface area contributed by atoms with Crippen LogP contribution in [0.25, 0.3) is 16.6 Å². The molecule has 1 aliphatic heterocycles. The number of aliphatic imine (C=N–C) groups is 1. The van der Waals surface area contributed by atoms with Gasteiger partial charge in [0, 0.05) is 24.0 Å². The standard InChI is InChI=1S/C30H41N7O3/c1-7-8-15-31-29-32-16-24-27(36-37(28(24)35-29)21-10-12-22(39)13-11-21)23(17(2)3)14-9-18(4)26-25(20(6)38)19(5)33-30(40)34-26/h9,14,16,21-22,25-26,39H,2,7-8,10-13,15H2,1,3-6H3,(H,34,40)(H,31,32,35). The molecule has 1 saturated carbocycles. The number of carbonyl (C=O) groups is 2. The average molecular weight is 548 g/mol. The van der Waals surface area contributed by atoms with Gasteiger partial charge in [0.2, 0.25) is 5.95 Å². The molecule has 40 heavy (non-hydrogen) atoms.